The standard InChI is InChI=1S/C17H24F3N5/c1-2-7-23-10-12-25(13-11-23)16-15(21-5-6-22-16)24-8-3-14(4-9-24)17(18,19)20/h2,5-6,14H,1,3-4,7-13H2. The number of piperidine rings is 1. The van der Waals surface area contributed by atoms with E-state index in [1.165, 1.54) is 0 Å². The molecule has 1 aromatic heterocycles. The van der Waals surface area contributed by atoms with Crippen LogP contribution in [-0.2, 0) is 0 Å². The molecule has 138 valence electrons. The van der Waals surface area contributed by atoms with Gasteiger partial charge in [0.2, 0.25) is 0 Å². The molecule has 0 aromatic carbocycles. The lowest BCUT2D eigenvalue weighted by molar-refractivity contribution is -0.179. The lowest BCUT2D eigenvalue weighted by Gasteiger charge is -2.38. The Morgan fingerprint density at radius 2 is 1.48 bits per heavy atom. The van der Waals surface area contributed by atoms with E-state index in [1.54, 1.807) is 12.4 Å². The van der Waals surface area contributed by atoms with E-state index in [4.69, 9.17) is 0 Å². The molecule has 0 aliphatic carbocycles. The molecule has 2 saturated heterocycles. The molecule has 8 heteroatoms. The van der Waals surface area contributed by atoms with Gasteiger partial charge in [-0.25, -0.2) is 9.97 Å². The number of hydrogen-bond donors (Lipinski definition) is 0. The molecule has 3 rings (SSSR count). The third-order valence-corrected chi connectivity index (χ3v) is 4.98. The van der Waals surface area contributed by atoms with Crippen LogP contribution in [0.4, 0.5) is 24.8 Å². The largest absolute Gasteiger partial charge is 0.391 e. The average molecular weight is 355 g/mol. The van der Waals surface area contributed by atoms with Gasteiger partial charge in [-0.05, 0) is 12.8 Å². The Balaban J connectivity index is 1.67. The van der Waals surface area contributed by atoms with Crippen LogP contribution in [0.25, 0.3) is 0 Å². The van der Waals surface area contributed by atoms with E-state index in [0.29, 0.717) is 18.9 Å². The molecule has 2 fully saturated rings. The Hall–Kier alpha value is -1.83. The molecule has 2 aliphatic rings. The predicted octanol–water partition coefficient (Wildman–Crippen LogP) is 2.56. The fourth-order valence-electron chi connectivity index (χ4n) is 3.51. The second kappa shape index (κ2) is 7.59. The van der Waals surface area contributed by atoms with Crippen LogP contribution >= 0.6 is 0 Å². The second-order valence-electron chi connectivity index (χ2n) is 6.58. The van der Waals surface area contributed by atoms with Crippen molar-refractivity contribution in [1.82, 2.24) is 14.9 Å². The minimum absolute atomic E-state index is 0.118. The smallest absolute Gasteiger partial charge is 0.354 e. The Kier molecular flexibility index (Phi) is 5.46. The zero-order valence-corrected chi connectivity index (χ0v) is 14.3. The molecule has 0 N–H and O–H groups in total. The van der Waals surface area contributed by atoms with Crippen molar-refractivity contribution >= 4 is 11.6 Å². The topological polar surface area (TPSA) is 35.5 Å². The molecule has 0 saturated carbocycles. The fraction of sp³-hybridized carbons (Fsp3) is 0.647. The number of nitrogens with zero attached hydrogens (tertiary/aromatic N) is 5. The molecule has 2 aliphatic heterocycles. The molecule has 5 nitrogen and oxygen atoms in total. The van der Waals surface area contributed by atoms with Gasteiger partial charge >= 0.3 is 6.18 Å². The summed E-state index contributed by atoms with van der Waals surface area (Å²) in [5.41, 5.74) is 0. The minimum Gasteiger partial charge on any atom is -0.354 e. The molecular weight excluding hydrogens is 331 g/mol. The Morgan fingerprint density at radius 3 is 1.96 bits per heavy atom. The summed E-state index contributed by atoms with van der Waals surface area (Å²) in [6.07, 6.45) is 1.30. The van der Waals surface area contributed by atoms with Gasteiger partial charge in [-0.2, -0.15) is 13.2 Å². The monoisotopic (exact) mass is 355 g/mol. The maximum Gasteiger partial charge on any atom is 0.391 e. The third-order valence-electron chi connectivity index (χ3n) is 4.98. The van der Waals surface area contributed by atoms with Crippen molar-refractivity contribution in [2.75, 3.05) is 55.6 Å². The molecule has 1 aromatic rings. The predicted molar refractivity (Wildman–Crippen MR) is 91.9 cm³/mol. The fourth-order valence-corrected chi connectivity index (χ4v) is 3.51. The summed E-state index contributed by atoms with van der Waals surface area (Å²) >= 11 is 0. The van der Waals surface area contributed by atoms with Gasteiger partial charge in [0.25, 0.3) is 0 Å². The van der Waals surface area contributed by atoms with Gasteiger partial charge in [-0.3, -0.25) is 4.90 Å². The molecule has 0 amide bonds. The summed E-state index contributed by atoms with van der Waals surface area (Å²) in [5, 5.41) is 0. The first kappa shape index (κ1) is 18.0. The summed E-state index contributed by atoms with van der Waals surface area (Å²) in [5.74, 6) is 0.290. The summed E-state index contributed by atoms with van der Waals surface area (Å²) in [6.45, 7) is 8.86. The number of piperazine rings is 1. The van der Waals surface area contributed by atoms with Crippen LogP contribution in [0, 0.1) is 5.92 Å². The summed E-state index contributed by atoms with van der Waals surface area (Å²) in [4.78, 5) is 15.3. The Morgan fingerprint density at radius 1 is 0.960 bits per heavy atom. The third kappa shape index (κ3) is 4.23. The van der Waals surface area contributed by atoms with E-state index in [1.807, 2.05) is 11.0 Å². The molecule has 0 atom stereocenters. The van der Waals surface area contributed by atoms with Crippen LogP contribution < -0.4 is 9.80 Å². The molecular formula is C17H24F3N5. The van der Waals surface area contributed by atoms with E-state index in [-0.39, 0.29) is 12.8 Å². The van der Waals surface area contributed by atoms with E-state index < -0.39 is 12.1 Å². The average Bonchev–Trinajstić information content (AvgIpc) is 2.62. The maximum atomic E-state index is 12.9. The van der Waals surface area contributed by atoms with Crippen LogP contribution in [0.2, 0.25) is 0 Å². The molecule has 3 heterocycles. The summed E-state index contributed by atoms with van der Waals surface area (Å²) < 4.78 is 38.6. The normalized spacial score (nSPS) is 20.8. The van der Waals surface area contributed by atoms with Gasteiger partial charge in [0.1, 0.15) is 0 Å². The molecule has 0 radical (unpaired) electrons. The van der Waals surface area contributed by atoms with Crippen molar-refractivity contribution in [3.05, 3.63) is 25.0 Å². The van der Waals surface area contributed by atoms with Crippen LogP contribution in [-0.4, -0.2) is 66.9 Å². The van der Waals surface area contributed by atoms with Crippen molar-refractivity contribution in [3.63, 3.8) is 0 Å². The van der Waals surface area contributed by atoms with E-state index in [2.05, 4.69) is 26.3 Å². The van der Waals surface area contributed by atoms with Crippen molar-refractivity contribution in [3.8, 4) is 0 Å². The zero-order valence-electron chi connectivity index (χ0n) is 14.3. The van der Waals surface area contributed by atoms with Crippen LogP contribution in [0.1, 0.15) is 12.8 Å². The van der Waals surface area contributed by atoms with Crippen molar-refractivity contribution < 1.29 is 13.2 Å². The minimum atomic E-state index is -4.10. The van der Waals surface area contributed by atoms with E-state index >= 15 is 0 Å². The molecule has 25 heavy (non-hydrogen) atoms. The van der Waals surface area contributed by atoms with Crippen molar-refractivity contribution in [2.45, 2.75) is 19.0 Å². The zero-order chi connectivity index (χ0) is 17.9. The van der Waals surface area contributed by atoms with Gasteiger partial charge in [0.15, 0.2) is 11.6 Å². The number of anilines is 2. The van der Waals surface area contributed by atoms with Crippen LogP contribution in [0.5, 0.6) is 0 Å². The SMILES string of the molecule is C=CCN1CCN(c2nccnc2N2CCC(C(F)(F)F)CC2)CC1. The number of rotatable bonds is 4. The first-order valence-corrected chi connectivity index (χ1v) is 8.70. The second-order valence-corrected chi connectivity index (χ2v) is 6.58. The molecule has 0 unspecified atom stereocenters. The first-order chi connectivity index (χ1) is 12.0. The number of halogens is 3. The number of hydrogen-bond acceptors (Lipinski definition) is 5. The molecule has 0 bridgehead atoms. The Bertz CT molecular complexity index is 576. The highest BCUT2D eigenvalue weighted by Gasteiger charge is 2.41. The van der Waals surface area contributed by atoms with Crippen molar-refractivity contribution in [2.24, 2.45) is 5.92 Å². The lowest BCUT2D eigenvalue weighted by Crippen LogP contribution is -2.47. The molecule has 0 spiro atoms. The quantitative estimate of drug-likeness (QED) is 0.776. The number of aromatic nitrogens is 2. The van der Waals surface area contributed by atoms with E-state index in [9.17, 15) is 13.2 Å². The highest BCUT2D eigenvalue weighted by atomic mass is 19.4. The van der Waals surface area contributed by atoms with Crippen LogP contribution in [0.3, 0.4) is 0 Å². The Labute approximate surface area is 146 Å². The summed E-state index contributed by atoms with van der Waals surface area (Å²) in [6, 6.07) is 0. The van der Waals surface area contributed by atoms with Gasteiger partial charge in [-0.1, -0.05) is 6.08 Å². The van der Waals surface area contributed by atoms with Crippen LogP contribution in [0.15, 0.2) is 25.0 Å². The number of alkyl halides is 3. The van der Waals surface area contributed by atoms with Gasteiger partial charge in [0.05, 0.1) is 5.92 Å². The summed E-state index contributed by atoms with van der Waals surface area (Å²) in [7, 11) is 0. The maximum absolute atomic E-state index is 12.9. The van der Waals surface area contributed by atoms with Gasteiger partial charge in [-0.15, -0.1) is 6.58 Å². The lowest BCUT2D eigenvalue weighted by atomic mass is 9.96. The van der Waals surface area contributed by atoms with Crippen molar-refractivity contribution in [1.29, 1.82) is 0 Å². The first-order valence-electron chi connectivity index (χ1n) is 8.70. The highest BCUT2D eigenvalue weighted by molar-refractivity contribution is 5.62. The van der Waals surface area contributed by atoms with E-state index in [0.717, 1.165) is 38.5 Å². The van der Waals surface area contributed by atoms with Gasteiger partial charge in [0, 0.05) is 58.2 Å². The van der Waals surface area contributed by atoms with Gasteiger partial charge < -0.3 is 9.80 Å². The highest BCUT2D eigenvalue weighted by Crippen LogP contribution is 2.36.